The third-order valence-electron chi connectivity index (χ3n) is 2.90. The summed E-state index contributed by atoms with van der Waals surface area (Å²) in [4.78, 5) is 14.2. The van der Waals surface area contributed by atoms with Crippen LogP contribution >= 0.6 is 0 Å². The molecule has 0 saturated heterocycles. The van der Waals surface area contributed by atoms with Gasteiger partial charge in [0.25, 0.3) is 5.91 Å². The number of amides is 1. The molecule has 0 heterocycles. The smallest absolute Gasteiger partial charge is 0.254 e. The summed E-state index contributed by atoms with van der Waals surface area (Å²) < 4.78 is 5.02. The molecule has 0 aliphatic heterocycles. The van der Waals surface area contributed by atoms with E-state index in [0.717, 1.165) is 17.5 Å². The molecule has 1 rings (SSSR count). The molecule has 0 spiro atoms. The third kappa shape index (κ3) is 3.82. The van der Waals surface area contributed by atoms with Crippen molar-refractivity contribution in [3.63, 3.8) is 0 Å². The molecule has 0 unspecified atom stereocenters. The van der Waals surface area contributed by atoms with Crippen molar-refractivity contribution in [3.05, 3.63) is 35.4 Å². The zero-order chi connectivity index (χ0) is 13.4. The largest absolute Gasteiger partial charge is 0.383 e. The SMILES string of the molecule is CCN(CCOC)C(=O)c1ccccc1CCN. The number of nitrogens with zero attached hydrogens (tertiary/aromatic N) is 1. The number of rotatable bonds is 7. The lowest BCUT2D eigenvalue weighted by atomic mass is 10.0. The van der Waals surface area contributed by atoms with E-state index in [1.54, 1.807) is 12.0 Å². The van der Waals surface area contributed by atoms with Crippen molar-refractivity contribution in [2.75, 3.05) is 33.4 Å². The van der Waals surface area contributed by atoms with Crippen LogP contribution in [0.3, 0.4) is 0 Å². The molecule has 0 saturated carbocycles. The Bertz CT molecular complexity index is 380. The summed E-state index contributed by atoms with van der Waals surface area (Å²) in [6.07, 6.45) is 0.726. The van der Waals surface area contributed by atoms with Crippen LogP contribution in [0.5, 0.6) is 0 Å². The Labute approximate surface area is 109 Å². The van der Waals surface area contributed by atoms with Crippen LogP contribution < -0.4 is 5.73 Å². The second kappa shape index (κ2) is 7.84. The number of hydrogen-bond donors (Lipinski definition) is 1. The number of carbonyl (C=O) groups is 1. The summed E-state index contributed by atoms with van der Waals surface area (Å²) in [5, 5.41) is 0. The van der Waals surface area contributed by atoms with Crippen LogP contribution in [0.4, 0.5) is 0 Å². The number of likely N-dealkylation sites (N-methyl/N-ethyl adjacent to an activating group) is 1. The van der Waals surface area contributed by atoms with E-state index in [9.17, 15) is 4.79 Å². The van der Waals surface area contributed by atoms with E-state index in [1.165, 1.54) is 0 Å². The lowest BCUT2D eigenvalue weighted by Crippen LogP contribution is -2.34. The Balaban J connectivity index is 2.86. The van der Waals surface area contributed by atoms with Crippen LogP contribution in [0, 0.1) is 0 Å². The fourth-order valence-electron chi connectivity index (χ4n) is 1.88. The molecule has 0 fully saturated rings. The molecule has 100 valence electrons. The van der Waals surface area contributed by atoms with E-state index in [2.05, 4.69) is 0 Å². The van der Waals surface area contributed by atoms with Crippen molar-refractivity contribution in [1.82, 2.24) is 4.90 Å². The normalized spacial score (nSPS) is 10.4. The van der Waals surface area contributed by atoms with Gasteiger partial charge in [-0.2, -0.15) is 0 Å². The predicted octanol–water partition coefficient (Wildman–Crippen LogP) is 1.30. The van der Waals surface area contributed by atoms with Gasteiger partial charge in [0.2, 0.25) is 0 Å². The van der Waals surface area contributed by atoms with Crippen LogP contribution in [0.2, 0.25) is 0 Å². The van der Waals surface area contributed by atoms with E-state index in [4.69, 9.17) is 10.5 Å². The highest BCUT2D eigenvalue weighted by Gasteiger charge is 2.16. The van der Waals surface area contributed by atoms with Gasteiger partial charge in [0.15, 0.2) is 0 Å². The van der Waals surface area contributed by atoms with Gasteiger partial charge in [-0.05, 0) is 31.5 Å². The Morgan fingerprint density at radius 3 is 2.72 bits per heavy atom. The fraction of sp³-hybridized carbons (Fsp3) is 0.500. The minimum atomic E-state index is 0.0543. The maximum atomic E-state index is 12.4. The standard InChI is InChI=1S/C14H22N2O2/c1-3-16(10-11-18-2)14(17)13-7-5-4-6-12(13)8-9-15/h4-7H,3,8-11,15H2,1-2H3. The molecule has 1 aromatic carbocycles. The van der Waals surface area contributed by atoms with Gasteiger partial charge in [-0.1, -0.05) is 18.2 Å². The Morgan fingerprint density at radius 2 is 2.11 bits per heavy atom. The molecule has 0 aliphatic rings. The molecule has 18 heavy (non-hydrogen) atoms. The maximum Gasteiger partial charge on any atom is 0.254 e. The van der Waals surface area contributed by atoms with E-state index in [-0.39, 0.29) is 5.91 Å². The molecule has 0 atom stereocenters. The first-order valence-electron chi connectivity index (χ1n) is 6.30. The fourth-order valence-corrected chi connectivity index (χ4v) is 1.88. The van der Waals surface area contributed by atoms with Crippen molar-refractivity contribution in [3.8, 4) is 0 Å². The first-order valence-corrected chi connectivity index (χ1v) is 6.30. The van der Waals surface area contributed by atoms with E-state index < -0.39 is 0 Å². The molecule has 4 nitrogen and oxygen atoms in total. The number of ether oxygens (including phenoxy) is 1. The van der Waals surface area contributed by atoms with Gasteiger partial charge < -0.3 is 15.4 Å². The number of nitrogens with two attached hydrogens (primary N) is 1. The number of benzene rings is 1. The third-order valence-corrected chi connectivity index (χ3v) is 2.90. The number of methoxy groups -OCH3 is 1. The van der Waals surface area contributed by atoms with Gasteiger partial charge in [0.1, 0.15) is 0 Å². The van der Waals surface area contributed by atoms with Gasteiger partial charge in [-0.15, -0.1) is 0 Å². The van der Waals surface area contributed by atoms with Gasteiger partial charge >= 0.3 is 0 Å². The van der Waals surface area contributed by atoms with Gasteiger partial charge in [0.05, 0.1) is 6.61 Å². The Hall–Kier alpha value is -1.39. The van der Waals surface area contributed by atoms with E-state index >= 15 is 0 Å². The van der Waals surface area contributed by atoms with Crippen LogP contribution in [0.15, 0.2) is 24.3 Å². The van der Waals surface area contributed by atoms with E-state index in [1.807, 2.05) is 31.2 Å². The topological polar surface area (TPSA) is 55.6 Å². The minimum absolute atomic E-state index is 0.0543. The van der Waals surface area contributed by atoms with Crippen molar-refractivity contribution in [2.45, 2.75) is 13.3 Å². The Morgan fingerprint density at radius 1 is 1.39 bits per heavy atom. The van der Waals surface area contributed by atoms with Gasteiger partial charge in [0, 0.05) is 25.8 Å². The minimum Gasteiger partial charge on any atom is -0.383 e. The molecule has 2 N–H and O–H groups in total. The maximum absolute atomic E-state index is 12.4. The van der Waals surface area contributed by atoms with Crippen molar-refractivity contribution in [2.24, 2.45) is 5.73 Å². The zero-order valence-corrected chi connectivity index (χ0v) is 11.2. The first-order chi connectivity index (χ1) is 8.74. The summed E-state index contributed by atoms with van der Waals surface area (Å²) in [5.41, 5.74) is 7.34. The lowest BCUT2D eigenvalue weighted by molar-refractivity contribution is 0.0705. The van der Waals surface area contributed by atoms with Crippen molar-refractivity contribution in [1.29, 1.82) is 0 Å². The highest BCUT2D eigenvalue weighted by molar-refractivity contribution is 5.95. The lowest BCUT2D eigenvalue weighted by Gasteiger charge is -2.21. The average Bonchev–Trinajstić information content (AvgIpc) is 2.40. The highest BCUT2D eigenvalue weighted by atomic mass is 16.5. The molecule has 1 amide bonds. The zero-order valence-electron chi connectivity index (χ0n) is 11.2. The average molecular weight is 250 g/mol. The Kier molecular flexibility index (Phi) is 6.39. The second-order valence-corrected chi connectivity index (χ2v) is 4.07. The number of carbonyl (C=O) groups excluding carboxylic acids is 1. The monoisotopic (exact) mass is 250 g/mol. The van der Waals surface area contributed by atoms with Gasteiger partial charge in [-0.25, -0.2) is 0 Å². The number of hydrogen-bond acceptors (Lipinski definition) is 3. The second-order valence-electron chi connectivity index (χ2n) is 4.07. The summed E-state index contributed by atoms with van der Waals surface area (Å²) in [6.45, 7) is 4.37. The highest BCUT2D eigenvalue weighted by Crippen LogP contribution is 2.12. The molecule has 1 aromatic rings. The van der Waals surface area contributed by atoms with Crippen LogP contribution in [-0.4, -0.2) is 44.2 Å². The summed E-state index contributed by atoms with van der Waals surface area (Å²) in [6, 6.07) is 7.65. The molecule has 4 heteroatoms. The van der Waals surface area contributed by atoms with Crippen LogP contribution in [0.25, 0.3) is 0 Å². The van der Waals surface area contributed by atoms with Crippen molar-refractivity contribution >= 4 is 5.91 Å². The van der Waals surface area contributed by atoms with Crippen LogP contribution in [-0.2, 0) is 11.2 Å². The summed E-state index contributed by atoms with van der Waals surface area (Å²) in [5.74, 6) is 0.0543. The van der Waals surface area contributed by atoms with Crippen LogP contribution in [0.1, 0.15) is 22.8 Å². The summed E-state index contributed by atoms with van der Waals surface area (Å²) >= 11 is 0. The summed E-state index contributed by atoms with van der Waals surface area (Å²) in [7, 11) is 1.64. The predicted molar refractivity (Wildman–Crippen MR) is 72.7 cm³/mol. The van der Waals surface area contributed by atoms with Crippen molar-refractivity contribution < 1.29 is 9.53 Å². The molecular weight excluding hydrogens is 228 g/mol. The van der Waals surface area contributed by atoms with E-state index in [0.29, 0.717) is 26.2 Å². The molecule has 0 radical (unpaired) electrons. The van der Waals surface area contributed by atoms with Gasteiger partial charge in [-0.3, -0.25) is 4.79 Å². The molecule has 0 aromatic heterocycles. The quantitative estimate of drug-likeness (QED) is 0.793. The molecular formula is C14H22N2O2. The first kappa shape index (κ1) is 14.7. The molecule has 0 bridgehead atoms. The molecule has 0 aliphatic carbocycles.